The van der Waals surface area contributed by atoms with Gasteiger partial charge in [-0.3, -0.25) is 0 Å². The van der Waals surface area contributed by atoms with E-state index in [-0.39, 0.29) is 6.67 Å². The predicted octanol–water partition coefficient (Wildman–Crippen LogP) is -0.476. The molecular formula is C3H5N3O2S. The Kier molecular flexibility index (Phi) is 1.48. The number of carbonyl (C=O) groups is 2. The van der Waals surface area contributed by atoms with Crippen LogP contribution in [0.2, 0.25) is 0 Å². The molecule has 50 valence electrons. The maximum Gasteiger partial charge on any atom is 0.337 e. The topological polar surface area (TPSA) is 61.4 Å². The summed E-state index contributed by atoms with van der Waals surface area (Å²) >= 11 is 3.56. The third-order valence-electron chi connectivity index (χ3n) is 0.864. The monoisotopic (exact) mass is 147 g/mol. The molecule has 0 aromatic carbocycles. The maximum atomic E-state index is 10.5. The lowest BCUT2D eigenvalue weighted by Gasteiger charge is -2.20. The van der Waals surface area contributed by atoms with Crippen molar-refractivity contribution in [2.75, 3.05) is 6.67 Å². The molecule has 1 aliphatic heterocycles. The van der Waals surface area contributed by atoms with Crippen molar-refractivity contribution < 1.29 is 9.59 Å². The van der Waals surface area contributed by atoms with Crippen molar-refractivity contribution in [3.05, 3.63) is 0 Å². The second kappa shape index (κ2) is 2.14. The van der Waals surface area contributed by atoms with Crippen LogP contribution in [0, 0.1) is 0 Å². The van der Waals surface area contributed by atoms with E-state index in [0.717, 1.165) is 0 Å². The second-order valence-electron chi connectivity index (χ2n) is 1.45. The Morgan fingerprint density at radius 3 is 2.11 bits per heavy atom. The molecule has 1 rings (SSSR count). The normalized spacial score (nSPS) is 19.0. The zero-order chi connectivity index (χ0) is 6.85. The number of hydrogen-bond donors (Lipinski definition) is 3. The Hall–Kier alpha value is -0.910. The van der Waals surface area contributed by atoms with E-state index < -0.39 is 12.1 Å². The van der Waals surface area contributed by atoms with E-state index >= 15 is 0 Å². The molecule has 1 aliphatic rings. The fourth-order valence-corrected chi connectivity index (χ4v) is 0.579. The van der Waals surface area contributed by atoms with Crippen LogP contribution in [0.25, 0.3) is 0 Å². The molecule has 0 bridgehead atoms. The molecule has 0 atom stereocenters. The standard InChI is InChI=1S/C3H5N3O2S/c7-2-4-1-5-3(8)6(2)9/h9H,1H2,(H,4,7)(H,5,8). The van der Waals surface area contributed by atoms with Crippen LogP contribution in [0.3, 0.4) is 0 Å². The van der Waals surface area contributed by atoms with E-state index in [0.29, 0.717) is 4.31 Å². The number of nitrogens with zero attached hydrogens (tertiary/aromatic N) is 1. The van der Waals surface area contributed by atoms with Crippen molar-refractivity contribution in [3.63, 3.8) is 0 Å². The molecule has 0 radical (unpaired) electrons. The van der Waals surface area contributed by atoms with Crippen LogP contribution >= 0.6 is 12.8 Å². The molecule has 5 nitrogen and oxygen atoms in total. The van der Waals surface area contributed by atoms with Gasteiger partial charge in [-0.25, -0.2) is 9.59 Å². The summed E-state index contributed by atoms with van der Waals surface area (Å²) in [7, 11) is 0. The molecule has 0 spiro atoms. The highest BCUT2D eigenvalue weighted by molar-refractivity contribution is 7.79. The van der Waals surface area contributed by atoms with Crippen molar-refractivity contribution in [2.24, 2.45) is 0 Å². The quantitative estimate of drug-likeness (QED) is 0.405. The summed E-state index contributed by atoms with van der Waals surface area (Å²) in [6, 6.07) is -0.996. The number of carbonyl (C=O) groups excluding carboxylic acids is 2. The van der Waals surface area contributed by atoms with Crippen molar-refractivity contribution in [1.82, 2.24) is 14.9 Å². The highest BCUT2D eigenvalue weighted by atomic mass is 32.1. The van der Waals surface area contributed by atoms with Crippen LogP contribution in [0.15, 0.2) is 0 Å². The van der Waals surface area contributed by atoms with Gasteiger partial charge in [0.05, 0.1) is 6.67 Å². The first-order chi connectivity index (χ1) is 4.22. The molecule has 4 amide bonds. The fourth-order valence-electron chi connectivity index (χ4n) is 0.437. The molecular weight excluding hydrogens is 142 g/mol. The molecule has 0 aliphatic carbocycles. The Morgan fingerprint density at radius 1 is 1.33 bits per heavy atom. The Balaban J connectivity index is 2.62. The van der Waals surface area contributed by atoms with Gasteiger partial charge in [0.15, 0.2) is 0 Å². The smallest absolute Gasteiger partial charge is 0.319 e. The van der Waals surface area contributed by atoms with Crippen molar-refractivity contribution in [1.29, 1.82) is 0 Å². The molecule has 2 N–H and O–H groups in total. The largest absolute Gasteiger partial charge is 0.337 e. The SMILES string of the molecule is O=C1NCNC(=O)N1S. The minimum atomic E-state index is -0.498. The summed E-state index contributed by atoms with van der Waals surface area (Å²) in [5, 5.41) is 4.68. The first kappa shape index (κ1) is 6.21. The summed E-state index contributed by atoms with van der Waals surface area (Å²) in [5.74, 6) is 0. The van der Waals surface area contributed by atoms with E-state index in [1.165, 1.54) is 0 Å². The molecule has 0 aromatic heterocycles. The molecule has 1 heterocycles. The van der Waals surface area contributed by atoms with Gasteiger partial charge < -0.3 is 10.6 Å². The third-order valence-corrected chi connectivity index (χ3v) is 1.23. The maximum absolute atomic E-state index is 10.5. The lowest BCUT2D eigenvalue weighted by molar-refractivity contribution is 0.201. The average molecular weight is 147 g/mol. The molecule has 6 heteroatoms. The molecule has 9 heavy (non-hydrogen) atoms. The van der Waals surface area contributed by atoms with Gasteiger partial charge in [-0.15, -0.1) is 0 Å². The van der Waals surface area contributed by atoms with Crippen molar-refractivity contribution in [3.8, 4) is 0 Å². The number of rotatable bonds is 0. The zero-order valence-electron chi connectivity index (χ0n) is 4.42. The van der Waals surface area contributed by atoms with Crippen LogP contribution in [-0.4, -0.2) is 23.0 Å². The van der Waals surface area contributed by atoms with Gasteiger partial charge >= 0.3 is 12.1 Å². The van der Waals surface area contributed by atoms with Crippen LogP contribution in [-0.2, 0) is 0 Å². The van der Waals surface area contributed by atoms with Crippen LogP contribution in [0.4, 0.5) is 9.59 Å². The minimum Gasteiger partial charge on any atom is -0.319 e. The zero-order valence-corrected chi connectivity index (χ0v) is 5.31. The summed E-state index contributed by atoms with van der Waals surface area (Å²) < 4.78 is 0.670. The van der Waals surface area contributed by atoms with Gasteiger partial charge in [-0.05, 0) is 0 Å². The summed E-state index contributed by atoms with van der Waals surface area (Å²) in [6.07, 6.45) is 0. The van der Waals surface area contributed by atoms with Gasteiger partial charge in [0.1, 0.15) is 0 Å². The molecule has 0 unspecified atom stereocenters. The van der Waals surface area contributed by atoms with Gasteiger partial charge in [0, 0.05) is 0 Å². The van der Waals surface area contributed by atoms with E-state index in [1.807, 2.05) is 0 Å². The molecule has 0 aromatic rings. The number of hydrogen-bond acceptors (Lipinski definition) is 3. The average Bonchev–Trinajstić information content (AvgIpc) is 1.83. The number of nitrogens with one attached hydrogen (secondary N) is 2. The number of urea groups is 2. The highest BCUT2D eigenvalue weighted by Crippen LogP contribution is 1.96. The van der Waals surface area contributed by atoms with E-state index in [2.05, 4.69) is 23.4 Å². The van der Waals surface area contributed by atoms with E-state index in [9.17, 15) is 9.59 Å². The lowest BCUT2D eigenvalue weighted by Crippen LogP contribution is -2.53. The summed E-state index contributed by atoms with van der Waals surface area (Å²) in [4.78, 5) is 21.0. The van der Waals surface area contributed by atoms with Gasteiger partial charge in [-0.1, -0.05) is 12.8 Å². The Labute approximate surface area is 56.9 Å². The summed E-state index contributed by atoms with van der Waals surface area (Å²) in [5.41, 5.74) is 0. The second-order valence-corrected chi connectivity index (χ2v) is 1.85. The minimum absolute atomic E-state index is 0.175. The Bertz CT molecular complexity index is 143. The number of amides is 4. The van der Waals surface area contributed by atoms with Crippen LogP contribution < -0.4 is 10.6 Å². The van der Waals surface area contributed by atoms with Crippen LogP contribution in [0.1, 0.15) is 0 Å². The van der Waals surface area contributed by atoms with Crippen molar-refractivity contribution in [2.45, 2.75) is 0 Å². The van der Waals surface area contributed by atoms with Gasteiger partial charge in [-0.2, -0.15) is 4.31 Å². The lowest BCUT2D eigenvalue weighted by atomic mass is 10.7. The Morgan fingerprint density at radius 2 is 1.78 bits per heavy atom. The first-order valence-electron chi connectivity index (χ1n) is 2.26. The highest BCUT2D eigenvalue weighted by Gasteiger charge is 2.21. The molecule has 1 fully saturated rings. The summed E-state index contributed by atoms with van der Waals surface area (Å²) in [6.45, 7) is 0.175. The first-order valence-corrected chi connectivity index (χ1v) is 2.66. The van der Waals surface area contributed by atoms with Gasteiger partial charge in [0.2, 0.25) is 0 Å². The van der Waals surface area contributed by atoms with Crippen LogP contribution in [0.5, 0.6) is 0 Å². The van der Waals surface area contributed by atoms with E-state index in [4.69, 9.17) is 0 Å². The van der Waals surface area contributed by atoms with Gasteiger partial charge in [0.25, 0.3) is 0 Å². The fraction of sp³-hybridized carbons (Fsp3) is 0.333. The van der Waals surface area contributed by atoms with E-state index in [1.54, 1.807) is 0 Å². The molecule has 0 saturated carbocycles. The molecule has 1 saturated heterocycles. The number of imide groups is 1. The third kappa shape index (κ3) is 1.07. The predicted molar refractivity (Wildman–Crippen MR) is 32.8 cm³/mol. The van der Waals surface area contributed by atoms with Crippen molar-refractivity contribution >= 4 is 24.9 Å². The number of thiol groups is 1.